The lowest BCUT2D eigenvalue weighted by molar-refractivity contribution is -0.153. The van der Waals surface area contributed by atoms with E-state index in [0.717, 1.165) is 22.9 Å². The number of fused-ring (bicyclic) bond motifs is 2. The molecule has 1 N–H and O–H groups in total. The number of unbranched alkanes of at least 4 members (excludes halogenated alkanes) is 2. The van der Waals surface area contributed by atoms with Crippen molar-refractivity contribution in [3.8, 4) is 0 Å². The molecular weight excluding hydrogens is 580 g/mol. The van der Waals surface area contributed by atoms with Crippen molar-refractivity contribution in [1.29, 1.82) is 0 Å². The zero-order chi connectivity index (χ0) is 27.7. The maximum Gasteiger partial charge on any atom is 0.310 e. The van der Waals surface area contributed by atoms with Crippen LogP contribution in [0.15, 0.2) is 55.1 Å². The third-order valence-corrected chi connectivity index (χ3v) is 11.5. The average Bonchev–Trinajstić information content (AvgIpc) is 3.52. The van der Waals surface area contributed by atoms with Crippen molar-refractivity contribution in [1.82, 2.24) is 4.90 Å². The summed E-state index contributed by atoms with van der Waals surface area (Å²) in [5.74, 6) is -1.84. The Labute approximate surface area is 242 Å². The second-order valence-corrected chi connectivity index (χ2v) is 13.2. The van der Waals surface area contributed by atoms with Crippen molar-refractivity contribution in [3.05, 3.63) is 55.1 Å². The number of likely N-dealkylation sites (tertiary alicyclic amines) is 1. The second kappa shape index (κ2) is 11.6. The van der Waals surface area contributed by atoms with Crippen molar-refractivity contribution in [2.45, 2.75) is 53.5 Å². The Morgan fingerprint density at radius 1 is 1.23 bits per heavy atom. The molecule has 6 atom stereocenters. The molecule has 7 nitrogen and oxygen atoms in total. The van der Waals surface area contributed by atoms with E-state index in [1.54, 1.807) is 34.6 Å². The zero-order valence-corrected chi connectivity index (χ0v) is 24.5. The van der Waals surface area contributed by atoms with Crippen LogP contribution in [0.5, 0.6) is 0 Å². The van der Waals surface area contributed by atoms with Gasteiger partial charge in [0.05, 0.1) is 23.2 Å². The first-order chi connectivity index (χ1) is 18.9. The fraction of sp³-hybridized carbons (Fsp3) is 0.500. The van der Waals surface area contributed by atoms with Gasteiger partial charge in [-0.2, -0.15) is 0 Å². The normalized spacial score (nSPS) is 29.1. The van der Waals surface area contributed by atoms with Crippen molar-refractivity contribution < 1.29 is 24.2 Å². The molecule has 3 saturated heterocycles. The van der Waals surface area contributed by atoms with Gasteiger partial charge in [0.25, 0.3) is 5.91 Å². The number of anilines is 1. The molecule has 39 heavy (non-hydrogen) atoms. The lowest BCUT2D eigenvalue weighted by Crippen LogP contribution is -2.55. The van der Waals surface area contributed by atoms with Gasteiger partial charge in [-0.1, -0.05) is 52.3 Å². The topological polar surface area (TPSA) is 87.2 Å². The number of aliphatic hydroxyl groups is 1. The van der Waals surface area contributed by atoms with Gasteiger partial charge < -0.3 is 19.6 Å². The van der Waals surface area contributed by atoms with Gasteiger partial charge in [-0.05, 0) is 55.5 Å². The summed E-state index contributed by atoms with van der Waals surface area (Å²) >= 11 is 5.41. The molecule has 2 amide bonds. The van der Waals surface area contributed by atoms with Gasteiger partial charge in [0, 0.05) is 35.5 Å². The molecule has 2 aromatic rings. The molecule has 0 aromatic heterocycles. The number of alkyl halides is 1. The highest BCUT2D eigenvalue weighted by Crippen LogP contribution is 2.68. The number of carbonyl (C=O) groups is 3. The summed E-state index contributed by atoms with van der Waals surface area (Å²) in [5, 5.41) is 11.2. The lowest BCUT2D eigenvalue weighted by Gasteiger charge is -2.38. The number of halogens is 1. The van der Waals surface area contributed by atoms with Crippen molar-refractivity contribution >= 4 is 61.9 Å². The van der Waals surface area contributed by atoms with E-state index in [1.807, 2.05) is 42.5 Å². The summed E-state index contributed by atoms with van der Waals surface area (Å²) < 4.78 is 4.72. The zero-order valence-electron chi connectivity index (χ0n) is 22.1. The number of aliphatic hydroxyl groups excluding tert-OH is 1. The van der Waals surface area contributed by atoms with Crippen LogP contribution in [0.1, 0.15) is 32.6 Å². The molecule has 2 aromatic carbocycles. The number of amides is 2. The minimum Gasteiger partial charge on any atom is -0.466 e. The first kappa shape index (κ1) is 28.2. The number of nitrogens with zero attached hydrogens (tertiary/aromatic N) is 2. The predicted molar refractivity (Wildman–Crippen MR) is 158 cm³/mol. The summed E-state index contributed by atoms with van der Waals surface area (Å²) in [4.78, 5) is 45.4. The third-order valence-electron chi connectivity index (χ3n) is 8.26. The maximum absolute atomic E-state index is 14.7. The van der Waals surface area contributed by atoms with E-state index < -0.39 is 22.6 Å². The number of ether oxygens (including phenoxy) is 1. The molecule has 3 fully saturated rings. The standard InChI is InChI=1S/C30H35BrN2O5S/c1-3-14-32(21-13-12-19-10-6-7-11-20(19)17-21)28(36)26-30-18-22(31)25(39-30)23(29(37)38-4-2)24(30)27(35)33(26)15-8-5-9-16-34/h3,6-7,10-13,17,22-26,34H,1,4-5,8-9,14-16,18H2,2H3/t22?,23-,24-,25-,26?,30?/m0/s1. The van der Waals surface area contributed by atoms with Crippen LogP contribution in [0.3, 0.4) is 0 Å². The predicted octanol–water partition coefficient (Wildman–Crippen LogP) is 4.55. The molecule has 5 rings (SSSR count). The minimum absolute atomic E-state index is 0.000816. The Kier molecular flexibility index (Phi) is 8.40. The molecule has 1 spiro atoms. The highest BCUT2D eigenvalue weighted by atomic mass is 79.9. The largest absolute Gasteiger partial charge is 0.466 e. The van der Waals surface area contributed by atoms with Crippen LogP contribution in [-0.4, -0.2) is 75.0 Å². The van der Waals surface area contributed by atoms with Crippen LogP contribution in [0.25, 0.3) is 10.8 Å². The van der Waals surface area contributed by atoms with Gasteiger partial charge in [0.15, 0.2) is 0 Å². The fourth-order valence-corrected chi connectivity index (χ4v) is 10.3. The highest BCUT2D eigenvalue weighted by molar-refractivity contribution is 9.09. The minimum atomic E-state index is -0.725. The van der Waals surface area contributed by atoms with Crippen LogP contribution < -0.4 is 4.90 Å². The molecule has 0 radical (unpaired) electrons. The van der Waals surface area contributed by atoms with E-state index in [1.165, 1.54) is 0 Å². The number of carbonyl (C=O) groups excluding carboxylic acids is 3. The van der Waals surface area contributed by atoms with E-state index in [2.05, 4.69) is 22.5 Å². The number of hydrogen-bond donors (Lipinski definition) is 1. The van der Waals surface area contributed by atoms with Crippen LogP contribution in [0.2, 0.25) is 0 Å². The van der Waals surface area contributed by atoms with Crippen LogP contribution >= 0.6 is 27.7 Å². The Balaban J connectivity index is 1.56. The van der Waals surface area contributed by atoms with Crippen molar-refractivity contribution in [2.75, 3.05) is 31.2 Å². The summed E-state index contributed by atoms with van der Waals surface area (Å²) in [7, 11) is 0. The number of hydrogen-bond acceptors (Lipinski definition) is 6. The Bertz CT molecular complexity index is 1270. The number of benzene rings is 2. The quantitative estimate of drug-likeness (QED) is 0.173. The molecular formula is C30H35BrN2O5S. The van der Waals surface area contributed by atoms with Gasteiger partial charge in [-0.15, -0.1) is 18.3 Å². The lowest BCUT2D eigenvalue weighted by atomic mass is 9.71. The Morgan fingerprint density at radius 3 is 2.72 bits per heavy atom. The fourth-order valence-electron chi connectivity index (χ4n) is 6.67. The van der Waals surface area contributed by atoms with Crippen molar-refractivity contribution in [3.63, 3.8) is 0 Å². The molecule has 0 saturated carbocycles. The van der Waals surface area contributed by atoms with Gasteiger partial charge in [-0.3, -0.25) is 14.4 Å². The average molecular weight is 616 g/mol. The first-order valence-electron chi connectivity index (χ1n) is 13.7. The van der Waals surface area contributed by atoms with Gasteiger partial charge in [-0.25, -0.2) is 0 Å². The first-order valence-corrected chi connectivity index (χ1v) is 15.5. The van der Waals surface area contributed by atoms with Crippen molar-refractivity contribution in [2.24, 2.45) is 11.8 Å². The van der Waals surface area contributed by atoms with Gasteiger partial charge in [0.2, 0.25) is 5.91 Å². The summed E-state index contributed by atoms with van der Waals surface area (Å²) in [6.07, 6.45) is 4.39. The number of thioether (sulfide) groups is 1. The number of esters is 1. The molecule has 3 aliphatic rings. The van der Waals surface area contributed by atoms with E-state index in [0.29, 0.717) is 32.4 Å². The molecule has 3 heterocycles. The molecule has 3 aliphatic heterocycles. The highest BCUT2D eigenvalue weighted by Gasteiger charge is 2.76. The summed E-state index contributed by atoms with van der Waals surface area (Å²) in [6, 6.07) is 13.2. The molecule has 0 aliphatic carbocycles. The summed E-state index contributed by atoms with van der Waals surface area (Å²) in [5.41, 5.74) is 0.751. The van der Waals surface area contributed by atoms with Crippen LogP contribution in [0, 0.1) is 11.8 Å². The molecule has 208 valence electrons. The number of rotatable bonds is 11. The summed E-state index contributed by atoms with van der Waals surface area (Å²) in [6.45, 7) is 6.72. The van der Waals surface area contributed by atoms with E-state index in [4.69, 9.17) is 4.74 Å². The van der Waals surface area contributed by atoms with E-state index >= 15 is 0 Å². The SMILES string of the molecule is C=CCN(C(=O)C1N(CCCCCO)C(=O)[C@@H]2[C@H](C(=O)OCC)[C@H]3SC12CC3Br)c1ccc2ccccc2c1. The van der Waals surface area contributed by atoms with Crippen LogP contribution in [0.4, 0.5) is 5.69 Å². The van der Waals surface area contributed by atoms with E-state index in [9.17, 15) is 19.5 Å². The third kappa shape index (κ3) is 4.80. The van der Waals surface area contributed by atoms with Gasteiger partial charge >= 0.3 is 5.97 Å². The Hall–Kier alpha value is -2.36. The van der Waals surface area contributed by atoms with Gasteiger partial charge in [0.1, 0.15) is 6.04 Å². The molecule has 9 heteroatoms. The van der Waals surface area contributed by atoms with Crippen LogP contribution in [-0.2, 0) is 19.1 Å². The maximum atomic E-state index is 14.7. The molecule has 2 bridgehead atoms. The Morgan fingerprint density at radius 2 is 2.00 bits per heavy atom. The molecule has 3 unspecified atom stereocenters. The monoisotopic (exact) mass is 614 g/mol. The smallest absolute Gasteiger partial charge is 0.310 e. The second-order valence-electron chi connectivity index (χ2n) is 10.5. The van der Waals surface area contributed by atoms with E-state index in [-0.39, 0.29) is 41.1 Å².